The Balaban J connectivity index is -0.0000000800. The number of rotatable bonds is 1. The Hall–Kier alpha value is 3.96. The van der Waals surface area contributed by atoms with Crippen LogP contribution >= 0.6 is 0 Å². The molecule has 0 rings (SSSR count). The van der Waals surface area contributed by atoms with E-state index in [1.807, 2.05) is 0 Å². The van der Waals surface area contributed by atoms with Crippen molar-refractivity contribution in [3.05, 3.63) is 0 Å². The monoisotopic (exact) mass is 461 g/mol. The Labute approximate surface area is 133 Å². The first-order chi connectivity index (χ1) is 2.27. The largest absolute Gasteiger partial charge is 0 e. The summed E-state index contributed by atoms with van der Waals surface area (Å²) in [6.45, 7) is 0. The van der Waals surface area contributed by atoms with Gasteiger partial charge in [0, 0.05) is 72.6 Å². The zero-order chi connectivity index (χ0) is 4.28. The SMILES string of the molecule is OB(O)[O][Eu].[Gd].[Y]. The molecular formula is H2BEuGdO3Y. The minimum atomic E-state index is -1.59. The molecule has 3 nitrogen and oxygen atoms in total. The summed E-state index contributed by atoms with van der Waals surface area (Å²) >= 11 is 0.869. The van der Waals surface area contributed by atoms with E-state index in [2.05, 4.69) is -0.0885 Å². The summed E-state index contributed by atoms with van der Waals surface area (Å²) in [5.74, 6) is 0. The molecule has 0 aliphatic carbocycles. The second-order valence-electron chi connectivity index (χ2n) is 0.415. The molecule has 0 fully saturated rings. The molecule has 2 N–H and O–H groups in total. The van der Waals surface area contributed by atoms with Crippen LogP contribution in [0.2, 0.25) is 0 Å². The molecule has 0 saturated heterocycles. The van der Waals surface area contributed by atoms with E-state index in [4.69, 9.17) is 10.0 Å². The van der Waals surface area contributed by atoms with Crippen LogP contribution in [-0.4, -0.2) is 17.4 Å². The molecule has 0 unspecified atom stereocenters. The molecule has 0 saturated carbocycles. The van der Waals surface area contributed by atoms with Gasteiger partial charge in [-0.15, -0.1) is 0 Å². The van der Waals surface area contributed by atoms with Crippen molar-refractivity contribution in [1.29, 1.82) is 0 Å². The predicted octanol–water partition coefficient (Wildman–Crippen LogP) is -1.57. The molecule has 0 aliphatic rings. The Bertz CT molecular complexity index is 28.9. The van der Waals surface area contributed by atoms with E-state index in [9.17, 15) is 0 Å². The Morgan fingerprint density at radius 3 is 1.57 bits per heavy atom. The molecule has 0 spiro atoms. The maximum atomic E-state index is 7.71. The summed E-state index contributed by atoms with van der Waals surface area (Å²) in [6.07, 6.45) is 0. The molecule has 0 atom stereocenters. The third-order valence-corrected chi connectivity index (χ3v) is 0.591. The van der Waals surface area contributed by atoms with Gasteiger partial charge >= 0.3 is 65.0 Å². The van der Waals surface area contributed by atoms with E-state index in [0.717, 1.165) is 47.7 Å². The standard InChI is InChI=1S/BH2O3.Eu.Gd.Y/c2-1(3)4;;;/h2-3H;;;/q-1;+1;;. The van der Waals surface area contributed by atoms with Crippen LogP contribution in [0.5, 0.6) is 0 Å². The smallest absolute Gasteiger partial charge is 0 e. The van der Waals surface area contributed by atoms with Gasteiger partial charge in [0.1, 0.15) is 0 Å². The van der Waals surface area contributed by atoms with Crippen LogP contribution in [-0.2, 0) is 32.6 Å². The summed E-state index contributed by atoms with van der Waals surface area (Å²) in [5, 5.41) is 15.4. The van der Waals surface area contributed by atoms with Gasteiger partial charge < -0.3 is 0 Å². The van der Waals surface area contributed by atoms with Crippen LogP contribution in [0.15, 0.2) is 0 Å². The summed E-state index contributed by atoms with van der Waals surface area (Å²) in [6, 6.07) is 0. The zero-order valence-electron chi connectivity index (χ0n) is 3.19. The van der Waals surface area contributed by atoms with Gasteiger partial charge in [0.2, 0.25) is 0 Å². The maximum Gasteiger partial charge on any atom is 0 e. The Morgan fingerprint density at radius 2 is 1.57 bits per heavy atom. The van der Waals surface area contributed by atoms with Crippen molar-refractivity contribution in [3.63, 3.8) is 0 Å². The average molecular weight is 459 g/mol. The predicted molar refractivity (Wildman–Crippen MR) is 11.3 cm³/mol. The van der Waals surface area contributed by atoms with Gasteiger partial charge in [-0.2, -0.15) is 0 Å². The van der Waals surface area contributed by atoms with Crippen LogP contribution in [0.3, 0.4) is 0 Å². The van der Waals surface area contributed by atoms with E-state index < -0.39 is 7.32 Å². The summed E-state index contributed by atoms with van der Waals surface area (Å²) in [4.78, 5) is 0. The van der Waals surface area contributed by atoms with Gasteiger partial charge in [-0.05, 0) is 0 Å². The fourth-order valence-corrected chi connectivity index (χ4v) is 0. The first kappa shape index (κ1) is 17.2. The molecule has 0 aliphatic heterocycles. The molecule has 0 bridgehead atoms. The molecule has 1 radical (unpaired) electrons. The first-order valence-electron chi connectivity index (χ1n) is 0.906. The number of hydrogen-bond donors (Lipinski definition) is 2. The molecule has 0 heterocycles. The van der Waals surface area contributed by atoms with Crippen LogP contribution in [0.4, 0.5) is 0 Å². The van der Waals surface area contributed by atoms with E-state index in [1.54, 1.807) is 0 Å². The van der Waals surface area contributed by atoms with E-state index in [-0.39, 0.29) is 72.6 Å². The topological polar surface area (TPSA) is 49.7 Å². The van der Waals surface area contributed by atoms with Crippen molar-refractivity contribution in [1.82, 2.24) is 0 Å². The molecule has 7 heteroatoms. The van der Waals surface area contributed by atoms with E-state index in [1.165, 1.54) is 0 Å². The third-order valence-electron chi connectivity index (χ3n) is 0.0797. The fourth-order valence-electron chi connectivity index (χ4n) is 0. The minimum Gasteiger partial charge on any atom is 0 e. The van der Waals surface area contributed by atoms with E-state index in [0.29, 0.717) is 0 Å². The van der Waals surface area contributed by atoms with Gasteiger partial charge in [-0.3, -0.25) is 0 Å². The Morgan fingerprint density at radius 1 is 1.43 bits per heavy atom. The third kappa shape index (κ3) is 17.8. The fraction of sp³-hybridized carbons (Fsp3) is 0. The van der Waals surface area contributed by atoms with E-state index >= 15 is 0 Å². The molecule has 0 aromatic rings. The van der Waals surface area contributed by atoms with Crippen molar-refractivity contribution < 1.29 is 130 Å². The molecule has 41 valence electrons. The Kier molecular flexibility index (Phi) is 30.9. The summed E-state index contributed by atoms with van der Waals surface area (Å²) in [5.41, 5.74) is 0. The number of hydrogen-bond acceptors (Lipinski definition) is 3. The minimum absolute atomic E-state index is 0. The van der Waals surface area contributed by atoms with Crippen LogP contribution in [0.1, 0.15) is 0 Å². The van der Waals surface area contributed by atoms with Crippen LogP contribution in [0, 0.1) is 87.6 Å². The van der Waals surface area contributed by atoms with Gasteiger partial charge in [0.25, 0.3) is 0 Å². The van der Waals surface area contributed by atoms with Crippen molar-refractivity contribution in [2.75, 3.05) is 0 Å². The van der Waals surface area contributed by atoms with Gasteiger partial charge in [-0.1, -0.05) is 0 Å². The second kappa shape index (κ2) is 12.6. The van der Waals surface area contributed by atoms with Crippen molar-refractivity contribution >= 4 is 7.32 Å². The first-order valence-corrected chi connectivity index (χ1v) is 1.90. The van der Waals surface area contributed by atoms with Crippen LogP contribution < -0.4 is 0 Å². The van der Waals surface area contributed by atoms with Gasteiger partial charge in [-0.25, -0.2) is 0 Å². The molecule has 0 aromatic carbocycles. The second-order valence-corrected chi connectivity index (χ2v) is 0.987. The van der Waals surface area contributed by atoms with Crippen molar-refractivity contribution in [2.24, 2.45) is 0 Å². The zero-order valence-corrected chi connectivity index (χ0v) is 10.7. The van der Waals surface area contributed by atoms with Gasteiger partial charge in [0.05, 0.1) is 0 Å². The normalized spacial score (nSPS) is 5.57. The molecular weight excluding hydrogens is 457 g/mol. The summed E-state index contributed by atoms with van der Waals surface area (Å²) < 4.78 is 3.92. The molecule has 7 heavy (non-hydrogen) atoms. The maximum absolute atomic E-state index is 7.71. The van der Waals surface area contributed by atoms with Gasteiger partial charge in [0.15, 0.2) is 0 Å². The summed E-state index contributed by atoms with van der Waals surface area (Å²) in [7, 11) is -1.59. The molecule has 0 aromatic heterocycles. The van der Waals surface area contributed by atoms with Crippen molar-refractivity contribution in [3.8, 4) is 0 Å². The quantitative estimate of drug-likeness (QED) is 0.467. The van der Waals surface area contributed by atoms with Crippen molar-refractivity contribution in [2.45, 2.75) is 0 Å². The average Bonchev–Trinajstić information content (AvgIpc) is 1.38. The molecule has 0 amide bonds. The van der Waals surface area contributed by atoms with Crippen LogP contribution in [0.25, 0.3) is 0 Å².